The first kappa shape index (κ1) is 16.4. The maximum absolute atomic E-state index is 2.54. The molecule has 0 spiro atoms. The van der Waals surface area contributed by atoms with Crippen LogP contribution in [0, 0.1) is 35.0 Å². The minimum Gasteiger partial charge on any atom is -0.0625 e. The van der Waals surface area contributed by atoms with Gasteiger partial charge in [-0.15, -0.1) is 0 Å². The monoisotopic (exact) mass is 278 g/mol. The molecular weight excluding hydrogens is 240 g/mol. The standard InChI is InChI=1S/C20H38/c1-15-6-10-19(11-7-15)17(3)8-9-18-12-16(2)13-20(4,5)14-18/h15-19H,6-14H2,1-5H3. The molecular formula is C20H38. The van der Waals surface area contributed by atoms with Crippen molar-refractivity contribution in [1.82, 2.24) is 0 Å². The van der Waals surface area contributed by atoms with Crippen LogP contribution >= 0.6 is 0 Å². The maximum Gasteiger partial charge on any atom is -0.0349 e. The van der Waals surface area contributed by atoms with Gasteiger partial charge in [-0.3, -0.25) is 0 Å². The summed E-state index contributed by atoms with van der Waals surface area (Å²) in [5, 5.41) is 0. The summed E-state index contributed by atoms with van der Waals surface area (Å²) in [5.41, 5.74) is 0.603. The molecule has 118 valence electrons. The van der Waals surface area contributed by atoms with Gasteiger partial charge in [-0.2, -0.15) is 0 Å². The molecule has 2 rings (SSSR count). The fraction of sp³-hybridized carbons (Fsp3) is 1.00. The van der Waals surface area contributed by atoms with Gasteiger partial charge in [0, 0.05) is 0 Å². The first-order valence-electron chi connectivity index (χ1n) is 9.35. The van der Waals surface area contributed by atoms with E-state index in [1.807, 2.05) is 0 Å². The maximum atomic E-state index is 2.54. The van der Waals surface area contributed by atoms with Crippen molar-refractivity contribution in [3.05, 3.63) is 0 Å². The van der Waals surface area contributed by atoms with Gasteiger partial charge < -0.3 is 0 Å². The van der Waals surface area contributed by atoms with E-state index < -0.39 is 0 Å². The van der Waals surface area contributed by atoms with E-state index in [0.717, 1.165) is 29.6 Å². The highest BCUT2D eigenvalue weighted by Gasteiger charge is 2.32. The zero-order valence-electron chi connectivity index (χ0n) is 14.8. The molecule has 2 aliphatic rings. The quantitative estimate of drug-likeness (QED) is 0.537. The van der Waals surface area contributed by atoms with Crippen LogP contribution in [-0.4, -0.2) is 0 Å². The lowest BCUT2D eigenvalue weighted by Crippen LogP contribution is -2.28. The highest BCUT2D eigenvalue weighted by molar-refractivity contribution is 4.83. The molecule has 0 aliphatic heterocycles. The van der Waals surface area contributed by atoms with Crippen LogP contribution in [0.25, 0.3) is 0 Å². The first-order chi connectivity index (χ1) is 9.35. The Bertz CT molecular complexity index is 282. The fourth-order valence-corrected chi connectivity index (χ4v) is 5.35. The van der Waals surface area contributed by atoms with Crippen molar-refractivity contribution in [3.63, 3.8) is 0 Å². The molecule has 2 aliphatic carbocycles. The summed E-state index contributed by atoms with van der Waals surface area (Å²) < 4.78 is 0. The van der Waals surface area contributed by atoms with E-state index in [4.69, 9.17) is 0 Å². The molecule has 0 N–H and O–H groups in total. The topological polar surface area (TPSA) is 0 Å². The third-order valence-electron chi connectivity index (χ3n) is 6.37. The van der Waals surface area contributed by atoms with Gasteiger partial charge in [0.1, 0.15) is 0 Å². The average Bonchev–Trinajstić information content (AvgIpc) is 2.34. The molecule has 0 nitrogen and oxygen atoms in total. The average molecular weight is 279 g/mol. The van der Waals surface area contributed by atoms with Gasteiger partial charge in [-0.25, -0.2) is 0 Å². The van der Waals surface area contributed by atoms with Crippen LogP contribution in [-0.2, 0) is 0 Å². The van der Waals surface area contributed by atoms with E-state index in [-0.39, 0.29) is 0 Å². The Balaban J connectivity index is 1.74. The van der Waals surface area contributed by atoms with Crippen molar-refractivity contribution in [2.45, 2.75) is 92.4 Å². The molecule has 0 heterocycles. The summed E-state index contributed by atoms with van der Waals surface area (Å²) >= 11 is 0. The van der Waals surface area contributed by atoms with Gasteiger partial charge in [0.2, 0.25) is 0 Å². The Morgan fingerprint density at radius 1 is 0.950 bits per heavy atom. The number of rotatable bonds is 4. The minimum absolute atomic E-state index is 0.603. The number of hydrogen-bond acceptors (Lipinski definition) is 0. The van der Waals surface area contributed by atoms with E-state index in [9.17, 15) is 0 Å². The lowest BCUT2D eigenvalue weighted by Gasteiger charge is -2.40. The molecule has 2 fully saturated rings. The van der Waals surface area contributed by atoms with Crippen LogP contribution in [0.2, 0.25) is 0 Å². The fourth-order valence-electron chi connectivity index (χ4n) is 5.35. The summed E-state index contributed by atoms with van der Waals surface area (Å²) in [5.74, 6) is 4.98. The van der Waals surface area contributed by atoms with E-state index in [1.54, 1.807) is 0 Å². The van der Waals surface area contributed by atoms with Crippen molar-refractivity contribution in [2.75, 3.05) is 0 Å². The van der Waals surface area contributed by atoms with E-state index in [2.05, 4.69) is 34.6 Å². The molecule has 0 radical (unpaired) electrons. The smallest absolute Gasteiger partial charge is 0.0349 e. The van der Waals surface area contributed by atoms with Gasteiger partial charge >= 0.3 is 0 Å². The largest absolute Gasteiger partial charge is 0.0625 e. The molecule has 0 heteroatoms. The zero-order chi connectivity index (χ0) is 14.8. The summed E-state index contributed by atoms with van der Waals surface area (Å²) in [6, 6.07) is 0. The second kappa shape index (κ2) is 6.84. The van der Waals surface area contributed by atoms with Crippen LogP contribution in [0.5, 0.6) is 0 Å². The predicted octanol–water partition coefficient (Wildman–Crippen LogP) is 6.69. The first-order valence-corrected chi connectivity index (χ1v) is 9.35. The Labute approximate surface area is 128 Å². The van der Waals surface area contributed by atoms with Crippen LogP contribution in [0.4, 0.5) is 0 Å². The van der Waals surface area contributed by atoms with Gasteiger partial charge in [0.15, 0.2) is 0 Å². The lowest BCUT2D eigenvalue weighted by molar-refractivity contribution is 0.116. The molecule has 0 saturated heterocycles. The molecule has 3 atom stereocenters. The third kappa shape index (κ3) is 4.78. The van der Waals surface area contributed by atoms with Crippen molar-refractivity contribution < 1.29 is 0 Å². The lowest BCUT2D eigenvalue weighted by atomic mass is 9.66. The van der Waals surface area contributed by atoms with Gasteiger partial charge in [0.25, 0.3) is 0 Å². The second-order valence-corrected chi connectivity index (χ2v) is 9.35. The molecule has 3 unspecified atom stereocenters. The Morgan fingerprint density at radius 3 is 2.20 bits per heavy atom. The second-order valence-electron chi connectivity index (χ2n) is 9.35. The summed E-state index contributed by atoms with van der Waals surface area (Å²) in [6.07, 6.45) is 13.4. The summed E-state index contributed by atoms with van der Waals surface area (Å²) in [6.45, 7) is 12.4. The Hall–Kier alpha value is 0. The van der Waals surface area contributed by atoms with Gasteiger partial charge in [0.05, 0.1) is 0 Å². The Kier molecular flexibility index (Phi) is 5.60. The molecule has 20 heavy (non-hydrogen) atoms. The van der Waals surface area contributed by atoms with E-state index in [1.165, 1.54) is 57.8 Å². The predicted molar refractivity (Wildman–Crippen MR) is 89.8 cm³/mol. The van der Waals surface area contributed by atoms with Crippen LogP contribution in [0.15, 0.2) is 0 Å². The van der Waals surface area contributed by atoms with Gasteiger partial charge in [-0.1, -0.05) is 60.3 Å². The van der Waals surface area contributed by atoms with Crippen molar-refractivity contribution in [2.24, 2.45) is 35.0 Å². The highest BCUT2D eigenvalue weighted by Crippen LogP contribution is 2.44. The highest BCUT2D eigenvalue weighted by atomic mass is 14.4. The SMILES string of the molecule is CC1CCC(C(C)CCC2CC(C)CC(C)(C)C2)CC1. The minimum atomic E-state index is 0.603. The van der Waals surface area contributed by atoms with Crippen molar-refractivity contribution >= 4 is 0 Å². The number of hydrogen-bond donors (Lipinski definition) is 0. The molecule has 0 aromatic carbocycles. The summed E-state index contributed by atoms with van der Waals surface area (Å²) in [4.78, 5) is 0. The van der Waals surface area contributed by atoms with Crippen molar-refractivity contribution in [1.29, 1.82) is 0 Å². The molecule has 0 amide bonds. The summed E-state index contributed by atoms with van der Waals surface area (Å²) in [7, 11) is 0. The molecule has 2 saturated carbocycles. The zero-order valence-corrected chi connectivity index (χ0v) is 14.8. The van der Waals surface area contributed by atoms with E-state index in [0.29, 0.717) is 5.41 Å². The van der Waals surface area contributed by atoms with Gasteiger partial charge in [-0.05, 0) is 67.1 Å². The van der Waals surface area contributed by atoms with Crippen LogP contribution < -0.4 is 0 Å². The van der Waals surface area contributed by atoms with Crippen molar-refractivity contribution in [3.8, 4) is 0 Å². The third-order valence-corrected chi connectivity index (χ3v) is 6.37. The Morgan fingerprint density at radius 2 is 1.60 bits per heavy atom. The van der Waals surface area contributed by atoms with Crippen LogP contribution in [0.1, 0.15) is 92.4 Å². The molecule has 0 aromatic heterocycles. The van der Waals surface area contributed by atoms with Crippen LogP contribution in [0.3, 0.4) is 0 Å². The normalized spacial score (nSPS) is 39.5. The van der Waals surface area contributed by atoms with E-state index >= 15 is 0 Å². The molecule has 0 bridgehead atoms. The molecule has 0 aromatic rings.